The average Bonchev–Trinajstić information content (AvgIpc) is 3.36. The summed E-state index contributed by atoms with van der Waals surface area (Å²) < 4.78 is 0. The maximum absolute atomic E-state index is 12.7. The molecule has 4 nitrogen and oxygen atoms in total. The van der Waals surface area contributed by atoms with Gasteiger partial charge in [0.15, 0.2) is 0 Å². The zero-order valence-corrected chi connectivity index (χ0v) is 15.9. The Morgan fingerprint density at radius 2 is 1.78 bits per heavy atom. The molecule has 0 bridgehead atoms. The van der Waals surface area contributed by atoms with E-state index in [4.69, 9.17) is 0 Å². The van der Waals surface area contributed by atoms with Gasteiger partial charge in [0, 0.05) is 55.9 Å². The molecule has 1 aliphatic rings. The highest BCUT2D eigenvalue weighted by Gasteiger charge is 2.17. The van der Waals surface area contributed by atoms with E-state index in [1.807, 2.05) is 30.3 Å². The predicted octanol–water partition coefficient (Wildman–Crippen LogP) is 4.36. The molecule has 0 unspecified atom stereocenters. The highest BCUT2D eigenvalue weighted by molar-refractivity contribution is 5.84. The zero-order valence-electron chi connectivity index (χ0n) is 15.9. The van der Waals surface area contributed by atoms with Crippen LogP contribution in [0, 0.1) is 0 Å². The molecule has 1 aliphatic heterocycles. The average molecular weight is 361 g/mol. The van der Waals surface area contributed by atoms with Crippen LogP contribution >= 0.6 is 0 Å². The number of rotatable bonds is 6. The van der Waals surface area contributed by atoms with Gasteiger partial charge >= 0.3 is 0 Å². The van der Waals surface area contributed by atoms with Gasteiger partial charge in [-0.25, -0.2) is 0 Å². The second kappa shape index (κ2) is 7.87. The van der Waals surface area contributed by atoms with Crippen molar-refractivity contribution in [2.45, 2.75) is 32.2 Å². The maximum atomic E-state index is 12.7. The van der Waals surface area contributed by atoms with Gasteiger partial charge in [0.1, 0.15) is 0 Å². The van der Waals surface area contributed by atoms with E-state index >= 15 is 0 Å². The molecule has 0 saturated carbocycles. The van der Waals surface area contributed by atoms with Gasteiger partial charge < -0.3 is 14.8 Å². The van der Waals surface area contributed by atoms with Gasteiger partial charge in [-0.3, -0.25) is 4.79 Å². The number of nitrogens with one attached hydrogen (secondary N) is 1. The van der Waals surface area contributed by atoms with Crippen molar-refractivity contribution in [2.75, 3.05) is 25.0 Å². The third kappa shape index (κ3) is 3.85. The van der Waals surface area contributed by atoms with Gasteiger partial charge in [0.2, 0.25) is 5.91 Å². The first-order chi connectivity index (χ1) is 13.2. The molecule has 3 aromatic rings. The van der Waals surface area contributed by atoms with Crippen LogP contribution in [-0.4, -0.2) is 35.9 Å². The summed E-state index contributed by atoms with van der Waals surface area (Å²) in [6.07, 6.45) is 5.84. The van der Waals surface area contributed by atoms with Gasteiger partial charge in [-0.1, -0.05) is 36.4 Å². The normalized spacial score (nSPS) is 14.0. The second-order valence-corrected chi connectivity index (χ2v) is 7.43. The van der Waals surface area contributed by atoms with Gasteiger partial charge in [0.25, 0.3) is 0 Å². The summed E-state index contributed by atoms with van der Waals surface area (Å²) in [5.74, 6) is 0.191. The number of hydrogen-bond donors (Lipinski definition) is 1. The van der Waals surface area contributed by atoms with Crippen LogP contribution in [0.1, 0.15) is 30.4 Å². The number of amides is 1. The number of fused-ring (bicyclic) bond motifs is 1. The molecular weight excluding hydrogens is 334 g/mol. The van der Waals surface area contributed by atoms with Crippen molar-refractivity contribution in [3.63, 3.8) is 0 Å². The number of nitrogens with zero attached hydrogens (tertiary/aromatic N) is 2. The molecule has 2 aromatic carbocycles. The number of carbonyl (C=O) groups excluding carboxylic acids is 1. The van der Waals surface area contributed by atoms with Crippen molar-refractivity contribution in [3.8, 4) is 0 Å². The summed E-state index contributed by atoms with van der Waals surface area (Å²) in [7, 11) is 1.92. The minimum atomic E-state index is 0.191. The van der Waals surface area contributed by atoms with Gasteiger partial charge in [0.05, 0.1) is 0 Å². The molecule has 0 aliphatic carbocycles. The topological polar surface area (TPSA) is 39.3 Å². The van der Waals surface area contributed by atoms with E-state index < -0.39 is 0 Å². The molecule has 0 radical (unpaired) electrons. The number of H-pyrrole nitrogens is 1. The SMILES string of the molecule is CN(Cc1ccccc1N1CCCC1)C(=O)CCc1c[nH]c2ccccc12. The molecule has 27 heavy (non-hydrogen) atoms. The van der Waals surface area contributed by atoms with Gasteiger partial charge in [-0.05, 0) is 42.5 Å². The Hall–Kier alpha value is -2.75. The summed E-state index contributed by atoms with van der Waals surface area (Å²) >= 11 is 0. The zero-order chi connectivity index (χ0) is 18.6. The lowest BCUT2D eigenvalue weighted by Crippen LogP contribution is -2.28. The molecular formula is C23H27N3O. The summed E-state index contributed by atoms with van der Waals surface area (Å²) in [6.45, 7) is 2.91. The highest BCUT2D eigenvalue weighted by atomic mass is 16.2. The number of aromatic nitrogens is 1. The fourth-order valence-electron chi connectivity index (χ4n) is 4.03. The molecule has 1 fully saturated rings. The number of para-hydroxylation sites is 2. The summed E-state index contributed by atoms with van der Waals surface area (Å²) in [5, 5.41) is 1.22. The van der Waals surface area contributed by atoms with E-state index in [0.717, 1.165) is 25.0 Å². The van der Waals surface area contributed by atoms with E-state index in [0.29, 0.717) is 13.0 Å². The highest BCUT2D eigenvalue weighted by Crippen LogP contribution is 2.26. The van der Waals surface area contributed by atoms with Gasteiger partial charge in [-0.2, -0.15) is 0 Å². The Morgan fingerprint density at radius 3 is 2.63 bits per heavy atom. The Labute approximate surface area is 160 Å². The number of aromatic amines is 1. The van der Waals surface area contributed by atoms with Crippen LogP contribution in [-0.2, 0) is 17.8 Å². The standard InChI is InChI=1S/C23H27N3O/c1-25(17-19-8-2-5-11-22(19)26-14-6-7-15-26)23(27)13-12-18-16-24-21-10-4-3-9-20(18)21/h2-5,8-11,16,24H,6-7,12-15,17H2,1H3. The molecule has 0 spiro atoms. The van der Waals surface area contributed by atoms with Crippen LogP contribution in [0.5, 0.6) is 0 Å². The Morgan fingerprint density at radius 1 is 1.04 bits per heavy atom. The molecule has 4 heteroatoms. The minimum Gasteiger partial charge on any atom is -0.371 e. The summed E-state index contributed by atoms with van der Waals surface area (Å²) in [4.78, 5) is 20.3. The molecule has 0 atom stereocenters. The lowest BCUT2D eigenvalue weighted by atomic mass is 10.1. The van der Waals surface area contributed by atoms with Crippen molar-refractivity contribution in [3.05, 3.63) is 65.9 Å². The predicted molar refractivity (Wildman–Crippen MR) is 111 cm³/mol. The monoisotopic (exact) mass is 361 g/mol. The molecule has 1 saturated heterocycles. The Balaban J connectivity index is 1.40. The van der Waals surface area contributed by atoms with Crippen LogP contribution in [0.25, 0.3) is 10.9 Å². The van der Waals surface area contributed by atoms with E-state index in [1.54, 1.807) is 0 Å². The number of benzene rings is 2. The number of carbonyl (C=O) groups is 1. The molecule has 4 rings (SSSR count). The van der Waals surface area contributed by atoms with Crippen LogP contribution in [0.4, 0.5) is 5.69 Å². The van der Waals surface area contributed by atoms with Crippen molar-refractivity contribution < 1.29 is 4.79 Å². The van der Waals surface area contributed by atoms with Crippen LogP contribution in [0.3, 0.4) is 0 Å². The second-order valence-electron chi connectivity index (χ2n) is 7.43. The first kappa shape index (κ1) is 17.7. The molecule has 2 heterocycles. The third-order valence-electron chi connectivity index (χ3n) is 5.55. The van der Waals surface area contributed by atoms with Crippen molar-refractivity contribution in [1.82, 2.24) is 9.88 Å². The van der Waals surface area contributed by atoms with E-state index in [2.05, 4.69) is 46.3 Å². The first-order valence-electron chi connectivity index (χ1n) is 9.84. The van der Waals surface area contributed by atoms with Crippen molar-refractivity contribution in [1.29, 1.82) is 0 Å². The smallest absolute Gasteiger partial charge is 0.222 e. The quantitative estimate of drug-likeness (QED) is 0.708. The van der Waals surface area contributed by atoms with Crippen LogP contribution < -0.4 is 4.90 Å². The van der Waals surface area contributed by atoms with E-state index in [1.165, 1.54) is 35.0 Å². The largest absolute Gasteiger partial charge is 0.371 e. The third-order valence-corrected chi connectivity index (χ3v) is 5.55. The molecule has 1 amide bonds. The Bertz CT molecular complexity index is 924. The molecule has 140 valence electrons. The molecule has 1 aromatic heterocycles. The summed E-state index contributed by atoms with van der Waals surface area (Å²) in [6, 6.07) is 16.8. The number of aryl methyl sites for hydroxylation is 1. The van der Waals surface area contributed by atoms with Gasteiger partial charge in [-0.15, -0.1) is 0 Å². The minimum absolute atomic E-state index is 0.191. The van der Waals surface area contributed by atoms with E-state index in [-0.39, 0.29) is 5.91 Å². The fraction of sp³-hybridized carbons (Fsp3) is 0.348. The fourth-order valence-corrected chi connectivity index (χ4v) is 4.03. The lowest BCUT2D eigenvalue weighted by molar-refractivity contribution is -0.130. The van der Waals surface area contributed by atoms with Crippen molar-refractivity contribution >= 4 is 22.5 Å². The lowest BCUT2D eigenvalue weighted by Gasteiger charge is -2.24. The van der Waals surface area contributed by atoms with Crippen molar-refractivity contribution in [2.24, 2.45) is 0 Å². The Kier molecular flexibility index (Phi) is 5.14. The summed E-state index contributed by atoms with van der Waals surface area (Å²) in [5.41, 5.74) is 4.87. The first-order valence-corrected chi connectivity index (χ1v) is 9.84. The maximum Gasteiger partial charge on any atom is 0.222 e. The van der Waals surface area contributed by atoms with E-state index in [9.17, 15) is 4.79 Å². The number of anilines is 1. The van der Waals surface area contributed by atoms with Crippen LogP contribution in [0.15, 0.2) is 54.7 Å². The number of hydrogen-bond acceptors (Lipinski definition) is 2. The van der Waals surface area contributed by atoms with Crippen LogP contribution in [0.2, 0.25) is 0 Å². The molecule has 1 N–H and O–H groups in total.